The van der Waals surface area contributed by atoms with E-state index >= 15 is 0 Å². The molecular weight excluding hydrogens is 244 g/mol. The summed E-state index contributed by atoms with van der Waals surface area (Å²) in [7, 11) is 1.80. The van der Waals surface area contributed by atoms with Crippen molar-refractivity contribution < 1.29 is 4.79 Å². The summed E-state index contributed by atoms with van der Waals surface area (Å²) in [5.74, 6) is 0.625. The standard InChI is InChI=1S/C12H18N6O/c1-10-8-11(17(2)16-10)15-12(19)9-13-5-7-18-6-3-4-14-18/h3-4,6,8,13H,5,7,9H2,1-2H3,(H,15,19). The van der Waals surface area contributed by atoms with E-state index in [2.05, 4.69) is 20.8 Å². The molecule has 0 bridgehead atoms. The first kappa shape index (κ1) is 13.3. The zero-order valence-electron chi connectivity index (χ0n) is 11.1. The fraction of sp³-hybridized carbons (Fsp3) is 0.417. The molecule has 0 aliphatic carbocycles. The second-order valence-corrected chi connectivity index (χ2v) is 4.29. The fourth-order valence-corrected chi connectivity index (χ4v) is 1.74. The average molecular weight is 262 g/mol. The molecule has 2 N–H and O–H groups in total. The molecule has 2 aromatic heterocycles. The maximum absolute atomic E-state index is 11.7. The van der Waals surface area contributed by atoms with E-state index in [0.29, 0.717) is 12.4 Å². The Hall–Kier alpha value is -2.15. The second-order valence-electron chi connectivity index (χ2n) is 4.29. The number of hydrogen-bond acceptors (Lipinski definition) is 4. The summed E-state index contributed by atoms with van der Waals surface area (Å²) in [4.78, 5) is 11.7. The molecule has 1 amide bonds. The van der Waals surface area contributed by atoms with Crippen molar-refractivity contribution in [3.8, 4) is 0 Å². The van der Waals surface area contributed by atoms with Gasteiger partial charge in [-0.05, 0) is 13.0 Å². The van der Waals surface area contributed by atoms with Crippen molar-refractivity contribution in [1.29, 1.82) is 0 Å². The Kier molecular flexibility index (Phi) is 4.30. The van der Waals surface area contributed by atoms with E-state index in [9.17, 15) is 4.79 Å². The normalized spacial score (nSPS) is 10.6. The van der Waals surface area contributed by atoms with Crippen LogP contribution in [0.4, 0.5) is 5.82 Å². The minimum atomic E-state index is -0.0801. The molecule has 0 unspecified atom stereocenters. The lowest BCUT2D eigenvalue weighted by atomic mass is 10.4. The Balaban J connectivity index is 1.68. The van der Waals surface area contributed by atoms with Gasteiger partial charge in [0.2, 0.25) is 5.91 Å². The molecule has 2 rings (SSSR count). The minimum absolute atomic E-state index is 0.0801. The van der Waals surface area contributed by atoms with Crippen molar-refractivity contribution in [2.75, 3.05) is 18.4 Å². The molecule has 0 fully saturated rings. The van der Waals surface area contributed by atoms with Gasteiger partial charge in [-0.3, -0.25) is 14.2 Å². The van der Waals surface area contributed by atoms with E-state index in [-0.39, 0.29) is 12.5 Å². The molecule has 0 saturated heterocycles. The van der Waals surface area contributed by atoms with Crippen LogP contribution in [0.1, 0.15) is 5.69 Å². The third-order valence-electron chi connectivity index (χ3n) is 2.63. The highest BCUT2D eigenvalue weighted by Crippen LogP contribution is 2.07. The highest BCUT2D eigenvalue weighted by molar-refractivity contribution is 5.91. The van der Waals surface area contributed by atoms with Crippen molar-refractivity contribution in [1.82, 2.24) is 24.9 Å². The lowest BCUT2D eigenvalue weighted by Crippen LogP contribution is -2.31. The van der Waals surface area contributed by atoms with Crippen molar-refractivity contribution in [2.45, 2.75) is 13.5 Å². The molecule has 0 aliphatic heterocycles. The molecule has 0 saturated carbocycles. The zero-order chi connectivity index (χ0) is 13.7. The van der Waals surface area contributed by atoms with E-state index in [1.54, 1.807) is 17.9 Å². The van der Waals surface area contributed by atoms with Crippen LogP contribution in [0.25, 0.3) is 0 Å². The lowest BCUT2D eigenvalue weighted by Gasteiger charge is -2.06. The van der Waals surface area contributed by atoms with Crippen LogP contribution in [0.15, 0.2) is 24.5 Å². The molecule has 0 atom stereocenters. The maximum Gasteiger partial charge on any atom is 0.239 e. The zero-order valence-corrected chi connectivity index (χ0v) is 11.1. The van der Waals surface area contributed by atoms with Gasteiger partial charge in [0.1, 0.15) is 5.82 Å². The quantitative estimate of drug-likeness (QED) is 0.727. The third-order valence-corrected chi connectivity index (χ3v) is 2.63. The number of carbonyl (C=O) groups excluding carboxylic acids is 1. The van der Waals surface area contributed by atoms with Gasteiger partial charge >= 0.3 is 0 Å². The number of rotatable bonds is 6. The number of anilines is 1. The molecule has 7 heteroatoms. The van der Waals surface area contributed by atoms with Crippen molar-refractivity contribution >= 4 is 11.7 Å². The van der Waals surface area contributed by atoms with Gasteiger partial charge in [-0.25, -0.2) is 0 Å². The van der Waals surface area contributed by atoms with E-state index in [0.717, 1.165) is 12.2 Å². The average Bonchev–Trinajstić information content (AvgIpc) is 2.96. The number of nitrogens with zero attached hydrogens (tertiary/aromatic N) is 4. The summed E-state index contributed by atoms with van der Waals surface area (Å²) in [5, 5.41) is 14.1. The van der Waals surface area contributed by atoms with Crippen LogP contribution in [-0.4, -0.2) is 38.6 Å². The van der Waals surface area contributed by atoms with Crippen LogP contribution in [-0.2, 0) is 18.4 Å². The number of carbonyl (C=O) groups is 1. The molecule has 19 heavy (non-hydrogen) atoms. The van der Waals surface area contributed by atoms with E-state index < -0.39 is 0 Å². The van der Waals surface area contributed by atoms with Crippen LogP contribution in [0.3, 0.4) is 0 Å². The number of aromatic nitrogens is 4. The van der Waals surface area contributed by atoms with Crippen LogP contribution in [0.5, 0.6) is 0 Å². The highest BCUT2D eigenvalue weighted by atomic mass is 16.2. The van der Waals surface area contributed by atoms with Crippen LogP contribution in [0.2, 0.25) is 0 Å². The predicted octanol–water partition coefficient (Wildman–Crippen LogP) is 0.153. The Morgan fingerprint density at radius 3 is 2.95 bits per heavy atom. The monoisotopic (exact) mass is 262 g/mol. The molecule has 0 aliphatic rings. The van der Waals surface area contributed by atoms with Gasteiger partial charge in [0.25, 0.3) is 0 Å². The summed E-state index contributed by atoms with van der Waals surface area (Å²) in [6.07, 6.45) is 3.62. The fourth-order valence-electron chi connectivity index (χ4n) is 1.74. The van der Waals surface area contributed by atoms with Crippen molar-refractivity contribution in [3.63, 3.8) is 0 Å². The topological polar surface area (TPSA) is 76.8 Å². The van der Waals surface area contributed by atoms with Crippen LogP contribution >= 0.6 is 0 Å². The van der Waals surface area contributed by atoms with Gasteiger partial charge in [-0.1, -0.05) is 0 Å². The highest BCUT2D eigenvalue weighted by Gasteiger charge is 2.06. The van der Waals surface area contributed by atoms with Gasteiger partial charge in [0.05, 0.1) is 18.8 Å². The van der Waals surface area contributed by atoms with Gasteiger partial charge in [-0.15, -0.1) is 0 Å². The number of amides is 1. The SMILES string of the molecule is Cc1cc(NC(=O)CNCCn2cccn2)n(C)n1. The van der Waals surface area contributed by atoms with E-state index in [1.165, 1.54) is 0 Å². The number of hydrogen-bond donors (Lipinski definition) is 2. The summed E-state index contributed by atoms with van der Waals surface area (Å²) < 4.78 is 3.46. The summed E-state index contributed by atoms with van der Waals surface area (Å²) >= 11 is 0. The molecule has 0 spiro atoms. The summed E-state index contributed by atoms with van der Waals surface area (Å²) in [5.41, 5.74) is 0.879. The van der Waals surface area contributed by atoms with E-state index in [1.807, 2.05) is 29.9 Å². The third kappa shape index (κ3) is 3.92. The molecule has 2 heterocycles. The molecule has 2 aromatic rings. The Morgan fingerprint density at radius 1 is 1.47 bits per heavy atom. The molecule has 0 radical (unpaired) electrons. The Labute approximate surface area is 111 Å². The van der Waals surface area contributed by atoms with Crippen LogP contribution in [0, 0.1) is 6.92 Å². The summed E-state index contributed by atoms with van der Waals surface area (Å²) in [6.45, 7) is 3.59. The first-order valence-electron chi connectivity index (χ1n) is 6.14. The molecule has 7 nitrogen and oxygen atoms in total. The smallest absolute Gasteiger partial charge is 0.239 e. The predicted molar refractivity (Wildman–Crippen MR) is 71.7 cm³/mol. The second kappa shape index (κ2) is 6.14. The minimum Gasteiger partial charge on any atom is -0.310 e. The van der Waals surface area contributed by atoms with Crippen LogP contribution < -0.4 is 10.6 Å². The number of nitrogens with one attached hydrogen (secondary N) is 2. The molecule has 0 aromatic carbocycles. The van der Waals surface area contributed by atoms with Crippen molar-refractivity contribution in [3.05, 3.63) is 30.2 Å². The molecule has 102 valence electrons. The molecular formula is C12H18N6O. The van der Waals surface area contributed by atoms with Crippen molar-refractivity contribution in [2.24, 2.45) is 7.05 Å². The summed E-state index contributed by atoms with van der Waals surface area (Å²) in [6, 6.07) is 3.71. The number of aryl methyl sites for hydroxylation is 2. The van der Waals surface area contributed by atoms with Gasteiger partial charge in [0, 0.05) is 32.1 Å². The lowest BCUT2D eigenvalue weighted by molar-refractivity contribution is -0.115. The first-order chi connectivity index (χ1) is 9.15. The van der Waals surface area contributed by atoms with E-state index in [4.69, 9.17) is 0 Å². The van der Waals surface area contributed by atoms with Gasteiger partial charge < -0.3 is 10.6 Å². The maximum atomic E-state index is 11.7. The van der Waals surface area contributed by atoms with Gasteiger partial charge in [0.15, 0.2) is 0 Å². The van der Waals surface area contributed by atoms with Gasteiger partial charge in [-0.2, -0.15) is 10.2 Å². The Bertz CT molecular complexity index is 530. The Morgan fingerprint density at radius 2 is 2.32 bits per heavy atom. The largest absolute Gasteiger partial charge is 0.310 e. The first-order valence-corrected chi connectivity index (χ1v) is 6.14.